The van der Waals surface area contributed by atoms with Crippen LogP contribution in [0.4, 0.5) is 5.69 Å². The maximum absolute atomic E-state index is 12.7. The van der Waals surface area contributed by atoms with E-state index in [2.05, 4.69) is 5.32 Å². The number of morpholine rings is 1. The average Bonchev–Trinajstić information content (AvgIpc) is 2.71. The fourth-order valence-electron chi connectivity index (χ4n) is 2.83. The number of aromatic nitrogens is 1. The van der Waals surface area contributed by atoms with E-state index in [-0.39, 0.29) is 11.6 Å². The van der Waals surface area contributed by atoms with Crippen LogP contribution >= 0.6 is 0 Å². The Morgan fingerprint density at radius 3 is 2.59 bits per heavy atom. The molecule has 2 aromatic rings. The van der Waals surface area contributed by atoms with Crippen LogP contribution in [-0.4, -0.2) is 54.7 Å². The van der Waals surface area contributed by atoms with Gasteiger partial charge in [0.15, 0.2) is 0 Å². The molecule has 8 nitrogen and oxygen atoms in total. The molecule has 1 saturated heterocycles. The van der Waals surface area contributed by atoms with Gasteiger partial charge >= 0.3 is 0 Å². The molecule has 1 aromatic carbocycles. The van der Waals surface area contributed by atoms with Gasteiger partial charge in [0.2, 0.25) is 0 Å². The average molecular weight is 371 g/mol. The summed E-state index contributed by atoms with van der Waals surface area (Å²) in [6, 6.07) is 8.01. The van der Waals surface area contributed by atoms with Crippen molar-refractivity contribution in [1.82, 2.24) is 9.47 Å². The zero-order valence-corrected chi connectivity index (χ0v) is 15.2. The first-order chi connectivity index (χ1) is 13.0. The largest absolute Gasteiger partial charge is 0.497 e. The van der Waals surface area contributed by atoms with Gasteiger partial charge in [0, 0.05) is 31.9 Å². The molecule has 0 bridgehead atoms. The van der Waals surface area contributed by atoms with Crippen molar-refractivity contribution in [3.05, 3.63) is 58.0 Å². The van der Waals surface area contributed by atoms with Crippen molar-refractivity contribution < 1.29 is 19.1 Å². The van der Waals surface area contributed by atoms with Gasteiger partial charge in [-0.25, -0.2) is 0 Å². The number of benzene rings is 1. The molecule has 0 radical (unpaired) electrons. The third-order valence-electron chi connectivity index (χ3n) is 4.31. The molecule has 1 N–H and O–H groups in total. The van der Waals surface area contributed by atoms with Crippen LogP contribution in [0.1, 0.15) is 20.7 Å². The molecule has 2 heterocycles. The number of rotatable bonds is 4. The van der Waals surface area contributed by atoms with Gasteiger partial charge < -0.3 is 24.3 Å². The Kier molecular flexibility index (Phi) is 5.56. The van der Waals surface area contributed by atoms with Crippen molar-refractivity contribution in [2.45, 2.75) is 0 Å². The van der Waals surface area contributed by atoms with Crippen molar-refractivity contribution in [2.24, 2.45) is 7.05 Å². The topological polar surface area (TPSA) is 89.9 Å². The monoisotopic (exact) mass is 371 g/mol. The minimum atomic E-state index is -0.457. The number of carbonyl (C=O) groups excluding carboxylic acids is 2. The Morgan fingerprint density at radius 1 is 1.15 bits per heavy atom. The van der Waals surface area contributed by atoms with E-state index in [4.69, 9.17) is 9.47 Å². The highest BCUT2D eigenvalue weighted by molar-refractivity contribution is 6.05. The first-order valence-corrected chi connectivity index (χ1v) is 8.52. The van der Waals surface area contributed by atoms with Gasteiger partial charge in [0.1, 0.15) is 11.4 Å². The quantitative estimate of drug-likeness (QED) is 0.870. The fraction of sp³-hybridized carbons (Fsp3) is 0.316. The Labute approximate surface area is 156 Å². The van der Waals surface area contributed by atoms with Gasteiger partial charge in [0.05, 0.1) is 25.9 Å². The lowest BCUT2D eigenvalue weighted by Crippen LogP contribution is -2.41. The maximum Gasteiger partial charge on any atom is 0.274 e. The van der Waals surface area contributed by atoms with Crippen molar-refractivity contribution >= 4 is 17.5 Å². The van der Waals surface area contributed by atoms with E-state index in [0.29, 0.717) is 43.2 Å². The Morgan fingerprint density at radius 2 is 1.89 bits per heavy atom. The number of methoxy groups -OCH3 is 1. The lowest BCUT2D eigenvalue weighted by molar-refractivity contribution is 0.0302. The SMILES string of the molecule is COc1cccc(C(=O)Nc2cc(C(=O)N3CCOCC3)cn(C)c2=O)c1. The maximum atomic E-state index is 12.7. The van der Waals surface area contributed by atoms with E-state index in [1.807, 2.05) is 0 Å². The van der Waals surface area contributed by atoms with Gasteiger partial charge in [-0.3, -0.25) is 14.4 Å². The zero-order chi connectivity index (χ0) is 19.4. The first-order valence-electron chi connectivity index (χ1n) is 8.52. The molecule has 1 aliphatic rings. The second-order valence-electron chi connectivity index (χ2n) is 6.15. The molecule has 0 spiro atoms. The molecule has 1 aromatic heterocycles. The zero-order valence-electron chi connectivity index (χ0n) is 15.2. The van der Waals surface area contributed by atoms with Gasteiger partial charge in [-0.2, -0.15) is 0 Å². The summed E-state index contributed by atoms with van der Waals surface area (Å²) in [5.74, 6) is -0.125. The van der Waals surface area contributed by atoms with Crippen LogP contribution in [0, 0.1) is 0 Å². The lowest BCUT2D eigenvalue weighted by atomic mass is 10.2. The highest BCUT2D eigenvalue weighted by Crippen LogP contribution is 2.15. The summed E-state index contributed by atoms with van der Waals surface area (Å²) in [6.45, 7) is 1.95. The summed E-state index contributed by atoms with van der Waals surface area (Å²) in [5, 5.41) is 2.59. The van der Waals surface area contributed by atoms with E-state index < -0.39 is 11.5 Å². The number of hydrogen-bond acceptors (Lipinski definition) is 5. The van der Waals surface area contributed by atoms with Crippen molar-refractivity contribution in [3.63, 3.8) is 0 Å². The fourth-order valence-corrected chi connectivity index (χ4v) is 2.83. The van der Waals surface area contributed by atoms with Crippen molar-refractivity contribution in [2.75, 3.05) is 38.7 Å². The first kappa shape index (κ1) is 18.7. The number of amides is 2. The van der Waals surface area contributed by atoms with Gasteiger partial charge in [-0.15, -0.1) is 0 Å². The Balaban J connectivity index is 1.86. The smallest absolute Gasteiger partial charge is 0.274 e. The predicted molar refractivity (Wildman–Crippen MR) is 99.4 cm³/mol. The minimum Gasteiger partial charge on any atom is -0.497 e. The summed E-state index contributed by atoms with van der Waals surface area (Å²) in [5.41, 5.74) is 0.329. The molecule has 3 rings (SSSR count). The number of nitrogens with one attached hydrogen (secondary N) is 1. The highest BCUT2D eigenvalue weighted by Gasteiger charge is 2.21. The Bertz CT molecular complexity index is 916. The summed E-state index contributed by atoms with van der Waals surface area (Å²) in [6.07, 6.45) is 1.47. The Hall–Kier alpha value is -3.13. The second kappa shape index (κ2) is 8.05. The lowest BCUT2D eigenvalue weighted by Gasteiger charge is -2.27. The standard InChI is InChI=1S/C19H21N3O5/c1-21-12-14(18(24)22-6-8-27-9-7-22)11-16(19(21)25)20-17(23)13-4-3-5-15(10-13)26-2/h3-5,10-12H,6-9H2,1-2H3,(H,20,23). The summed E-state index contributed by atoms with van der Waals surface area (Å²) in [4.78, 5) is 39.2. The molecule has 0 unspecified atom stereocenters. The second-order valence-corrected chi connectivity index (χ2v) is 6.15. The summed E-state index contributed by atoms with van der Waals surface area (Å²) in [7, 11) is 3.05. The van der Waals surface area contributed by atoms with E-state index in [0.717, 1.165) is 0 Å². The third kappa shape index (κ3) is 4.17. The third-order valence-corrected chi connectivity index (χ3v) is 4.31. The summed E-state index contributed by atoms with van der Waals surface area (Å²) >= 11 is 0. The van der Waals surface area contributed by atoms with Crippen LogP contribution in [0.25, 0.3) is 0 Å². The van der Waals surface area contributed by atoms with Gasteiger partial charge in [-0.1, -0.05) is 6.07 Å². The van der Waals surface area contributed by atoms with E-state index in [9.17, 15) is 14.4 Å². The number of anilines is 1. The number of pyridine rings is 1. The van der Waals surface area contributed by atoms with E-state index in [1.165, 1.54) is 23.9 Å². The van der Waals surface area contributed by atoms with Crippen molar-refractivity contribution in [1.29, 1.82) is 0 Å². The van der Waals surface area contributed by atoms with Crippen molar-refractivity contribution in [3.8, 4) is 5.75 Å². The van der Waals surface area contributed by atoms with Crippen LogP contribution in [0.2, 0.25) is 0 Å². The number of carbonyl (C=O) groups is 2. The molecular weight excluding hydrogens is 350 g/mol. The molecule has 1 aliphatic heterocycles. The number of hydrogen-bond donors (Lipinski definition) is 1. The molecular formula is C19H21N3O5. The number of aryl methyl sites for hydroxylation is 1. The molecule has 0 saturated carbocycles. The van der Waals surface area contributed by atoms with Crippen LogP contribution in [0.3, 0.4) is 0 Å². The van der Waals surface area contributed by atoms with Gasteiger partial charge in [-0.05, 0) is 24.3 Å². The van der Waals surface area contributed by atoms with Gasteiger partial charge in [0.25, 0.3) is 17.4 Å². The van der Waals surface area contributed by atoms with E-state index >= 15 is 0 Å². The van der Waals surface area contributed by atoms with Crippen LogP contribution < -0.4 is 15.6 Å². The molecule has 8 heteroatoms. The number of ether oxygens (including phenoxy) is 2. The van der Waals surface area contributed by atoms with E-state index in [1.54, 1.807) is 36.2 Å². The summed E-state index contributed by atoms with van der Waals surface area (Å²) < 4.78 is 11.7. The minimum absolute atomic E-state index is 0.0458. The van der Waals surface area contributed by atoms with Crippen LogP contribution in [0.5, 0.6) is 5.75 Å². The predicted octanol–water partition coefficient (Wildman–Crippen LogP) is 1.12. The molecule has 1 fully saturated rings. The molecule has 27 heavy (non-hydrogen) atoms. The van der Waals surface area contributed by atoms with Crippen LogP contribution in [-0.2, 0) is 11.8 Å². The number of nitrogens with zero attached hydrogens (tertiary/aromatic N) is 2. The highest BCUT2D eigenvalue weighted by atomic mass is 16.5. The molecule has 0 aliphatic carbocycles. The van der Waals surface area contributed by atoms with Crippen LogP contribution in [0.15, 0.2) is 41.3 Å². The molecule has 0 atom stereocenters. The normalized spacial score (nSPS) is 13.9. The molecule has 142 valence electrons. The molecule has 2 amide bonds.